The zero-order valence-electron chi connectivity index (χ0n) is 10.5. The zero-order chi connectivity index (χ0) is 14.3. The van der Waals surface area contributed by atoms with E-state index in [2.05, 4.69) is 17.6 Å². The van der Waals surface area contributed by atoms with E-state index in [0.717, 1.165) is 28.3 Å². The number of carbonyl (C=O) groups is 1. The number of allylic oxidation sites excluding steroid dienone is 1. The highest BCUT2D eigenvalue weighted by atomic mass is 35.5. The number of hydrogen-bond acceptors (Lipinski definition) is 3. The maximum atomic E-state index is 11.7. The van der Waals surface area contributed by atoms with Gasteiger partial charge in [0.25, 0.3) is 5.91 Å². The van der Waals surface area contributed by atoms with Crippen molar-refractivity contribution in [2.24, 2.45) is 5.73 Å². The van der Waals surface area contributed by atoms with Crippen molar-refractivity contribution in [2.45, 2.75) is 13.0 Å². The minimum absolute atomic E-state index is 0.344. The molecule has 1 amide bonds. The van der Waals surface area contributed by atoms with Crippen LogP contribution in [0.2, 0.25) is 5.02 Å². The molecule has 1 aliphatic rings. The number of pyridine rings is 1. The average Bonchev–Trinajstić information content (AvgIpc) is 2.71. The molecule has 0 atom stereocenters. The number of amides is 1. The van der Waals surface area contributed by atoms with Gasteiger partial charge in [-0.25, -0.2) is 0 Å². The van der Waals surface area contributed by atoms with Gasteiger partial charge in [0.2, 0.25) is 0 Å². The summed E-state index contributed by atoms with van der Waals surface area (Å²) in [5, 5.41) is 0.375. The fourth-order valence-corrected chi connectivity index (χ4v) is 3.09. The molecule has 2 N–H and O–H groups in total. The predicted octanol–water partition coefficient (Wildman–Crippen LogP) is 2.98. The van der Waals surface area contributed by atoms with Gasteiger partial charge in [0, 0.05) is 24.5 Å². The van der Waals surface area contributed by atoms with Gasteiger partial charge in [-0.15, -0.1) is 12.6 Å². The SMILES string of the molecule is NC(=O)c1c(Cl)c(-c2cccnc2)n2c1C=C(S)CC2. The lowest BCUT2D eigenvalue weighted by atomic mass is 10.1. The van der Waals surface area contributed by atoms with Crippen molar-refractivity contribution >= 4 is 36.2 Å². The van der Waals surface area contributed by atoms with Crippen molar-refractivity contribution in [1.29, 1.82) is 0 Å². The van der Waals surface area contributed by atoms with E-state index >= 15 is 0 Å². The van der Waals surface area contributed by atoms with Gasteiger partial charge in [-0.05, 0) is 29.5 Å². The van der Waals surface area contributed by atoms with Crippen LogP contribution in [0, 0.1) is 0 Å². The van der Waals surface area contributed by atoms with E-state index in [0.29, 0.717) is 17.1 Å². The Kier molecular flexibility index (Phi) is 3.31. The molecule has 20 heavy (non-hydrogen) atoms. The van der Waals surface area contributed by atoms with E-state index in [1.54, 1.807) is 12.4 Å². The van der Waals surface area contributed by atoms with Crippen LogP contribution < -0.4 is 5.73 Å². The molecule has 0 spiro atoms. The summed E-state index contributed by atoms with van der Waals surface area (Å²) in [6, 6.07) is 3.74. The predicted molar refractivity (Wildman–Crippen MR) is 82.8 cm³/mol. The number of primary amides is 1. The molecule has 0 saturated heterocycles. The minimum Gasteiger partial charge on any atom is -0.365 e. The first-order valence-electron chi connectivity index (χ1n) is 6.11. The molecule has 0 unspecified atom stereocenters. The van der Waals surface area contributed by atoms with Crippen LogP contribution in [0.3, 0.4) is 0 Å². The molecule has 1 aliphatic heterocycles. The van der Waals surface area contributed by atoms with Gasteiger partial charge < -0.3 is 10.3 Å². The maximum absolute atomic E-state index is 11.7. The lowest BCUT2D eigenvalue weighted by molar-refractivity contribution is 0.1000. The molecule has 3 rings (SSSR count). The van der Waals surface area contributed by atoms with Crippen molar-refractivity contribution < 1.29 is 4.79 Å². The summed E-state index contributed by atoms with van der Waals surface area (Å²) >= 11 is 10.8. The lowest BCUT2D eigenvalue weighted by Gasteiger charge is -2.16. The number of halogens is 1. The van der Waals surface area contributed by atoms with Crippen LogP contribution in [0.1, 0.15) is 22.5 Å². The molecule has 4 nitrogen and oxygen atoms in total. The van der Waals surface area contributed by atoms with Crippen LogP contribution in [0.25, 0.3) is 17.3 Å². The van der Waals surface area contributed by atoms with E-state index in [-0.39, 0.29) is 0 Å². The van der Waals surface area contributed by atoms with Gasteiger partial charge >= 0.3 is 0 Å². The summed E-state index contributed by atoms with van der Waals surface area (Å²) in [7, 11) is 0. The zero-order valence-corrected chi connectivity index (χ0v) is 12.2. The van der Waals surface area contributed by atoms with E-state index in [1.807, 2.05) is 22.8 Å². The van der Waals surface area contributed by atoms with Gasteiger partial charge in [0.15, 0.2) is 0 Å². The Morgan fingerprint density at radius 3 is 2.95 bits per heavy atom. The van der Waals surface area contributed by atoms with Crippen LogP contribution >= 0.6 is 24.2 Å². The molecule has 2 aromatic rings. The van der Waals surface area contributed by atoms with E-state index in [1.165, 1.54) is 0 Å². The number of fused-ring (bicyclic) bond motifs is 1. The van der Waals surface area contributed by atoms with Crippen molar-refractivity contribution in [1.82, 2.24) is 9.55 Å². The smallest absolute Gasteiger partial charge is 0.252 e. The molecular weight excluding hydrogens is 294 g/mol. The van der Waals surface area contributed by atoms with E-state index < -0.39 is 5.91 Å². The van der Waals surface area contributed by atoms with Crippen LogP contribution in [-0.2, 0) is 6.54 Å². The monoisotopic (exact) mass is 305 g/mol. The number of thiol groups is 1. The summed E-state index contributed by atoms with van der Waals surface area (Å²) in [5.41, 5.74) is 8.17. The van der Waals surface area contributed by atoms with Crippen molar-refractivity contribution in [3.63, 3.8) is 0 Å². The van der Waals surface area contributed by atoms with Gasteiger partial charge in [-0.3, -0.25) is 9.78 Å². The Hall–Kier alpha value is -1.72. The first kappa shape index (κ1) is 13.3. The van der Waals surface area contributed by atoms with Crippen molar-refractivity contribution in [3.8, 4) is 11.3 Å². The molecule has 0 saturated carbocycles. The second kappa shape index (κ2) is 5.00. The van der Waals surface area contributed by atoms with Gasteiger partial charge in [0.05, 0.1) is 22.0 Å². The fraction of sp³-hybridized carbons (Fsp3) is 0.143. The molecule has 0 aliphatic carbocycles. The third-order valence-corrected chi connectivity index (χ3v) is 4.04. The normalized spacial score (nSPS) is 13.8. The number of hydrogen-bond donors (Lipinski definition) is 2. The van der Waals surface area contributed by atoms with Crippen molar-refractivity contribution in [3.05, 3.63) is 45.7 Å². The van der Waals surface area contributed by atoms with E-state index in [4.69, 9.17) is 17.3 Å². The molecule has 3 heterocycles. The van der Waals surface area contributed by atoms with Crippen LogP contribution in [0.5, 0.6) is 0 Å². The molecular formula is C14H12ClN3OS. The van der Waals surface area contributed by atoms with Gasteiger partial charge in [-0.1, -0.05) is 11.6 Å². The summed E-state index contributed by atoms with van der Waals surface area (Å²) in [5.74, 6) is -0.534. The van der Waals surface area contributed by atoms with Crippen LogP contribution in [0.4, 0.5) is 0 Å². The quantitative estimate of drug-likeness (QED) is 0.838. The van der Waals surface area contributed by atoms with Crippen molar-refractivity contribution in [2.75, 3.05) is 0 Å². The molecule has 2 aromatic heterocycles. The Balaban J connectivity index is 2.32. The van der Waals surface area contributed by atoms with Crippen LogP contribution in [-0.4, -0.2) is 15.5 Å². The standard InChI is InChI=1S/C14H12ClN3OS/c15-12-11(14(16)19)10-6-9(20)3-5-18(10)13(12)8-2-1-4-17-7-8/h1-2,4,6-7,20H,3,5H2,(H2,16,19). The third-order valence-electron chi connectivity index (χ3n) is 3.32. The lowest BCUT2D eigenvalue weighted by Crippen LogP contribution is -2.14. The molecule has 0 radical (unpaired) electrons. The summed E-state index contributed by atoms with van der Waals surface area (Å²) < 4.78 is 2.00. The highest BCUT2D eigenvalue weighted by Gasteiger charge is 2.26. The highest BCUT2D eigenvalue weighted by molar-refractivity contribution is 7.84. The van der Waals surface area contributed by atoms with Crippen LogP contribution in [0.15, 0.2) is 29.4 Å². The summed E-state index contributed by atoms with van der Waals surface area (Å²) in [4.78, 5) is 16.7. The number of rotatable bonds is 2. The summed E-state index contributed by atoms with van der Waals surface area (Å²) in [6.45, 7) is 0.710. The highest BCUT2D eigenvalue weighted by Crippen LogP contribution is 2.39. The third kappa shape index (κ3) is 2.03. The fourth-order valence-electron chi connectivity index (χ4n) is 2.46. The van der Waals surface area contributed by atoms with Gasteiger partial charge in [-0.2, -0.15) is 0 Å². The molecule has 6 heteroatoms. The largest absolute Gasteiger partial charge is 0.365 e. The first-order valence-corrected chi connectivity index (χ1v) is 6.94. The second-order valence-corrected chi connectivity index (χ2v) is 5.52. The first-order chi connectivity index (χ1) is 9.59. The minimum atomic E-state index is -0.534. The molecule has 0 aromatic carbocycles. The number of aromatic nitrogens is 2. The Morgan fingerprint density at radius 2 is 2.30 bits per heavy atom. The average molecular weight is 306 g/mol. The Bertz CT molecular complexity index is 722. The number of nitrogens with zero attached hydrogens (tertiary/aromatic N) is 2. The second-order valence-electron chi connectivity index (χ2n) is 4.57. The van der Waals surface area contributed by atoms with Gasteiger partial charge in [0.1, 0.15) is 0 Å². The maximum Gasteiger partial charge on any atom is 0.252 e. The summed E-state index contributed by atoms with van der Waals surface area (Å²) in [6.07, 6.45) is 6.06. The molecule has 0 bridgehead atoms. The Labute approximate surface area is 126 Å². The molecule has 102 valence electrons. The number of nitrogens with two attached hydrogens (primary N) is 1. The van der Waals surface area contributed by atoms with E-state index in [9.17, 15) is 4.79 Å². The molecule has 0 fully saturated rings. The number of carbonyl (C=O) groups excluding carboxylic acids is 1. The topological polar surface area (TPSA) is 60.9 Å². The Morgan fingerprint density at radius 1 is 1.50 bits per heavy atom.